The Bertz CT molecular complexity index is 1030. The first-order valence-corrected chi connectivity index (χ1v) is 11.0. The van der Waals surface area contributed by atoms with E-state index in [4.69, 9.17) is 0 Å². The van der Waals surface area contributed by atoms with Crippen molar-refractivity contribution in [2.24, 2.45) is 0 Å². The quantitative estimate of drug-likeness (QED) is 0.500. The third-order valence-electron chi connectivity index (χ3n) is 4.24. The molecular weight excluding hydrogens is 444 g/mol. The lowest BCUT2D eigenvalue weighted by Crippen LogP contribution is -2.38. The van der Waals surface area contributed by atoms with Crippen LogP contribution < -0.4 is 5.32 Å². The van der Waals surface area contributed by atoms with Crippen molar-refractivity contribution >= 4 is 42.9 Å². The number of sulfonamides is 1. The number of aromatic amines is 1. The summed E-state index contributed by atoms with van der Waals surface area (Å²) in [6, 6.07) is 14.1. The lowest BCUT2D eigenvalue weighted by Gasteiger charge is -2.17. The number of benzene rings is 2. The van der Waals surface area contributed by atoms with Gasteiger partial charge < -0.3 is 10.3 Å². The van der Waals surface area contributed by atoms with E-state index in [1.165, 1.54) is 19.2 Å². The van der Waals surface area contributed by atoms with E-state index in [-0.39, 0.29) is 17.3 Å². The predicted molar refractivity (Wildman–Crippen MR) is 111 cm³/mol. The van der Waals surface area contributed by atoms with Crippen LogP contribution in [0, 0.1) is 0 Å². The van der Waals surface area contributed by atoms with Crippen LogP contribution in [0.15, 0.2) is 57.9 Å². The van der Waals surface area contributed by atoms with Crippen molar-refractivity contribution < 1.29 is 13.2 Å². The Labute approximate surface area is 172 Å². The zero-order valence-electron chi connectivity index (χ0n) is 15.4. The number of nitrogens with zero attached hydrogens (tertiary/aromatic N) is 2. The normalized spacial score (nSPS) is 11.8. The number of amides is 1. The highest BCUT2D eigenvalue weighted by molar-refractivity contribution is 9.10. The number of H-pyrrole nitrogens is 1. The Morgan fingerprint density at radius 3 is 2.61 bits per heavy atom. The lowest BCUT2D eigenvalue weighted by molar-refractivity contribution is -0.121. The Kier molecular flexibility index (Phi) is 6.48. The molecule has 1 amide bonds. The minimum absolute atomic E-state index is 0.149. The van der Waals surface area contributed by atoms with Gasteiger partial charge in [0, 0.05) is 24.5 Å². The number of carbonyl (C=O) groups excluding carboxylic acids is 1. The van der Waals surface area contributed by atoms with Crippen LogP contribution in [0.25, 0.3) is 11.0 Å². The van der Waals surface area contributed by atoms with E-state index >= 15 is 0 Å². The van der Waals surface area contributed by atoms with E-state index in [1.807, 2.05) is 24.3 Å². The monoisotopic (exact) mass is 464 g/mol. The fraction of sp³-hybridized carbons (Fsp3) is 0.263. The molecule has 2 aromatic carbocycles. The van der Waals surface area contributed by atoms with Crippen LogP contribution in [-0.4, -0.2) is 48.7 Å². The molecule has 3 rings (SSSR count). The molecule has 9 heteroatoms. The Hall–Kier alpha value is -2.23. The third-order valence-corrected chi connectivity index (χ3v) is 6.59. The summed E-state index contributed by atoms with van der Waals surface area (Å²) in [7, 11) is -2.31. The average Bonchev–Trinajstić information content (AvgIpc) is 3.08. The van der Waals surface area contributed by atoms with Crippen molar-refractivity contribution in [1.29, 1.82) is 0 Å². The number of para-hydroxylation sites is 2. The zero-order chi connectivity index (χ0) is 20.1. The van der Waals surface area contributed by atoms with Crippen molar-refractivity contribution in [1.82, 2.24) is 19.6 Å². The molecule has 3 aromatic rings. The second-order valence-corrected chi connectivity index (χ2v) is 9.33. The molecular formula is C19H21BrN4O3S. The topological polar surface area (TPSA) is 95.2 Å². The number of rotatable bonds is 8. The van der Waals surface area contributed by atoms with Gasteiger partial charge in [-0.1, -0.05) is 28.1 Å². The van der Waals surface area contributed by atoms with Crippen molar-refractivity contribution in [2.45, 2.75) is 17.7 Å². The van der Waals surface area contributed by atoms with E-state index in [9.17, 15) is 13.2 Å². The summed E-state index contributed by atoms with van der Waals surface area (Å²) in [5.41, 5.74) is 1.91. The third kappa shape index (κ3) is 4.98. The molecule has 0 aliphatic carbocycles. The zero-order valence-corrected chi connectivity index (χ0v) is 17.8. The number of hydrogen-bond donors (Lipinski definition) is 2. The van der Waals surface area contributed by atoms with Gasteiger partial charge in [-0.15, -0.1) is 0 Å². The molecule has 0 spiro atoms. The second kappa shape index (κ2) is 8.85. The summed E-state index contributed by atoms with van der Waals surface area (Å²) in [5, 5.41) is 2.76. The number of imidazole rings is 1. The fourth-order valence-corrected chi connectivity index (χ4v) is 4.13. The lowest BCUT2D eigenvalue weighted by atomic mass is 10.3. The number of nitrogens with one attached hydrogen (secondary N) is 2. The molecule has 0 aliphatic rings. The van der Waals surface area contributed by atoms with E-state index in [0.717, 1.165) is 25.6 Å². The van der Waals surface area contributed by atoms with Crippen LogP contribution in [0.3, 0.4) is 0 Å². The first-order valence-electron chi connectivity index (χ1n) is 8.78. The molecule has 1 heterocycles. The molecule has 0 radical (unpaired) electrons. The largest absolute Gasteiger partial charge is 0.355 e. The van der Waals surface area contributed by atoms with Crippen LogP contribution in [0.2, 0.25) is 0 Å². The Morgan fingerprint density at radius 2 is 1.89 bits per heavy atom. The molecule has 0 unspecified atom stereocenters. The van der Waals surface area contributed by atoms with E-state index in [1.54, 1.807) is 12.1 Å². The van der Waals surface area contributed by atoms with E-state index < -0.39 is 10.0 Å². The number of halogens is 1. The molecule has 2 N–H and O–H groups in total. The van der Waals surface area contributed by atoms with E-state index in [2.05, 4.69) is 31.2 Å². The van der Waals surface area contributed by atoms with Gasteiger partial charge in [-0.25, -0.2) is 13.4 Å². The number of carbonyl (C=O) groups is 1. The highest BCUT2D eigenvalue weighted by Gasteiger charge is 2.22. The molecule has 0 saturated heterocycles. The number of likely N-dealkylation sites (N-methyl/N-ethyl adjacent to an activating group) is 1. The summed E-state index contributed by atoms with van der Waals surface area (Å²) in [6.45, 7) is 0.213. The molecule has 0 saturated carbocycles. The van der Waals surface area contributed by atoms with Crippen LogP contribution in [0.1, 0.15) is 12.2 Å². The van der Waals surface area contributed by atoms with Crippen LogP contribution in [-0.2, 0) is 21.2 Å². The number of aryl methyl sites for hydroxylation is 1. The van der Waals surface area contributed by atoms with Gasteiger partial charge >= 0.3 is 0 Å². The summed E-state index contributed by atoms with van der Waals surface area (Å²) >= 11 is 3.27. The van der Waals surface area contributed by atoms with Gasteiger partial charge in [0.1, 0.15) is 5.82 Å². The maximum Gasteiger partial charge on any atom is 0.243 e. The number of fused-ring (bicyclic) bond motifs is 1. The van der Waals surface area contributed by atoms with Crippen molar-refractivity contribution in [3.05, 3.63) is 58.8 Å². The van der Waals surface area contributed by atoms with Gasteiger partial charge in [0.15, 0.2) is 0 Å². The number of aromatic nitrogens is 2. The minimum Gasteiger partial charge on any atom is -0.355 e. The Balaban J connectivity index is 1.46. The average molecular weight is 465 g/mol. The SMILES string of the molecule is CN(CC(=O)NCCCc1nc2ccccc2[nH]1)S(=O)(=O)c1ccc(Br)cc1. The van der Waals surface area contributed by atoms with Gasteiger partial charge in [0.25, 0.3) is 0 Å². The molecule has 0 aliphatic heterocycles. The van der Waals surface area contributed by atoms with Gasteiger partial charge in [0.2, 0.25) is 15.9 Å². The highest BCUT2D eigenvalue weighted by Crippen LogP contribution is 2.17. The summed E-state index contributed by atoms with van der Waals surface area (Å²) in [4.78, 5) is 20.0. The summed E-state index contributed by atoms with van der Waals surface area (Å²) in [5.74, 6) is 0.526. The fourth-order valence-electron chi connectivity index (χ4n) is 2.74. The summed E-state index contributed by atoms with van der Waals surface area (Å²) < 4.78 is 26.8. The van der Waals surface area contributed by atoms with Crippen LogP contribution in [0.4, 0.5) is 0 Å². The van der Waals surface area contributed by atoms with Crippen LogP contribution >= 0.6 is 15.9 Å². The Morgan fingerprint density at radius 1 is 1.18 bits per heavy atom. The molecule has 0 atom stereocenters. The first kappa shape index (κ1) is 20.5. The van der Waals surface area contributed by atoms with Crippen LogP contribution in [0.5, 0.6) is 0 Å². The van der Waals surface area contributed by atoms with Gasteiger partial charge in [0.05, 0.1) is 22.5 Å². The smallest absolute Gasteiger partial charge is 0.243 e. The molecule has 0 bridgehead atoms. The second-order valence-electron chi connectivity index (χ2n) is 6.37. The predicted octanol–water partition coefficient (Wildman–Crippen LogP) is 2.69. The van der Waals surface area contributed by atoms with Crippen molar-refractivity contribution in [3.63, 3.8) is 0 Å². The van der Waals surface area contributed by atoms with Crippen molar-refractivity contribution in [3.8, 4) is 0 Å². The van der Waals surface area contributed by atoms with Crippen molar-refractivity contribution in [2.75, 3.05) is 20.1 Å². The molecule has 0 fully saturated rings. The summed E-state index contributed by atoms with van der Waals surface area (Å²) in [6.07, 6.45) is 1.40. The van der Waals surface area contributed by atoms with Gasteiger partial charge in [-0.05, 0) is 42.8 Å². The number of hydrogen-bond acceptors (Lipinski definition) is 4. The maximum atomic E-state index is 12.5. The molecule has 7 nitrogen and oxygen atoms in total. The molecule has 28 heavy (non-hydrogen) atoms. The molecule has 148 valence electrons. The molecule has 1 aromatic heterocycles. The first-order chi connectivity index (χ1) is 13.4. The minimum atomic E-state index is -3.70. The van der Waals surface area contributed by atoms with E-state index in [0.29, 0.717) is 19.4 Å². The standard InChI is InChI=1S/C19H21BrN4O3S/c1-24(28(26,27)15-10-8-14(20)9-11-15)13-19(25)21-12-4-7-18-22-16-5-2-3-6-17(16)23-18/h2-3,5-6,8-11H,4,7,12-13H2,1H3,(H,21,25)(H,22,23). The van der Waals surface area contributed by atoms with Gasteiger partial charge in [-0.3, -0.25) is 4.79 Å². The highest BCUT2D eigenvalue weighted by atomic mass is 79.9. The van der Waals surface area contributed by atoms with Gasteiger partial charge in [-0.2, -0.15) is 4.31 Å². The maximum absolute atomic E-state index is 12.5.